The van der Waals surface area contributed by atoms with E-state index in [1.807, 2.05) is 0 Å². The summed E-state index contributed by atoms with van der Waals surface area (Å²) in [4.78, 5) is 13.6. The number of hydrogen-bond donors (Lipinski definition) is 2. The molecule has 3 heteroatoms. The fourth-order valence-electron chi connectivity index (χ4n) is 1.02. The van der Waals surface area contributed by atoms with Gasteiger partial charge in [0.2, 0.25) is 5.56 Å². The highest BCUT2D eigenvalue weighted by Crippen LogP contribution is 2.15. The first-order valence-electron chi connectivity index (χ1n) is 4.42. The van der Waals surface area contributed by atoms with Crippen molar-refractivity contribution in [3.63, 3.8) is 0 Å². The van der Waals surface area contributed by atoms with E-state index in [-0.39, 0.29) is 17.8 Å². The van der Waals surface area contributed by atoms with Gasteiger partial charge in [-0.15, -0.1) is 0 Å². The molecule has 0 aliphatic rings. The lowest BCUT2D eigenvalue weighted by Crippen LogP contribution is -2.01. The van der Waals surface area contributed by atoms with E-state index in [1.165, 1.54) is 18.2 Å². The number of nitrogens with one attached hydrogen (secondary N) is 1. The second-order valence-corrected chi connectivity index (χ2v) is 2.43. The largest absolute Gasteiger partial charge is 0.508 e. The molecule has 2 aromatic rings. The Bertz CT molecular complexity index is 562. The lowest BCUT2D eigenvalue weighted by atomic mass is 10.2. The summed E-state index contributed by atoms with van der Waals surface area (Å²) in [6.07, 6.45) is 0. The van der Waals surface area contributed by atoms with Crippen LogP contribution in [0.1, 0.15) is 2.74 Å². The third-order valence-corrected chi connectivity index (χ3v) is 1.56. The van der Waals surface area contributed by atoms with Gasteiger partial charge in [-0.3, -0.25) is 4.79 Å². The molecule has 0 unspecified atom stereocenters. The van der Waals surface area contributed by atoms with Crippen LogP contribution in [0, 0.1) is 0 Å². The zero-order valence-corrected chi connectivity index (χ0v) is 6.09. The average molecular weight is 163 g/mol. The molecule has 0 spiro atoms. The minimum Gasteiger partial charge on any atom is -0.508 e. The first-order valence-corrected chi connectivity index (χ1v) is 3.42. The zero-order chi connectivity index (χ0) is 10.3. The number of aromatic nitrogens is 1. The molecule has 0 fully saturated rings. The number of aromatic amines is 1. The van der Waals surface area contributed by atoms with Gasteiger partial charge in [0, 0.05) is 16.9 Å². The third kappa shape index (κ3) is 1.05. The number of pyridine rings is 1. The van der Waals surface area contributed by atoms with E-state index in [1.54, 1.807) is 0 Å². The molecule has 1 aromatic heterocycles. The smallest absolute Gasteiger partial charge is 0.248 e. The van der Waals surface area contributed by atoms with E-state index in [0.717, 1.165) is 0 Å². The Kier molecular flexibility index (Phi) is 0.985. The van der Waals surface area contributed by atoms with Gasteiger partial charge in [0.1, 0.15) is 5.75 Å². The Morgan fingerprint density at radius 3 is 3.08 bits per heavy atom. The van der Waals surface area contributed by atoms with Gasteiger partial charge in [-0.25, -0.2) is 0 Å². The molecule has 12 heavy (non-hydrogen) atoms. The molecular weight excluding hydrogens is 154 g/mol. The quantitative estimate of drug-likeness (QED) is 0.613. The van der Waals surface area contributed by atoms with Gasteiger partial charge in [0.05, 0.1) is 2.74 Å². The number of aromatic hydroxyl groups is 1. The Hall–Kier alpha value is -1.77. The Morgan fingerprint density at radius 2 is 2.25 bits per heavy atom. The monoisotopic (exact) mass is 163 g/mol. The normalized spacial score (nSPS) is 12.7. The highest BCUT2D eigenvalue weighted by atomic mass is 16.3. The van der Waals surface area contributed by atoms with Crippen molar-refractivity contribution in [2.75, 3.05) is 0 Å². The molecule has 0 atom stereocenters. The first kappa shape index (κ1) is 4.98. The standard InChI is InChI=1S/C9H7NO2/c11-7-2-3-8-6(5-7)1-4-9(12)10-8/h1-5,11H,(H,10,12)/i1D,4D. The predicted molar refractivity (Wildman–Crippen MR) is 46.2 cm³/mol. The van der Waals surface area contributed by atoms with Crippen LogP contribution >= 0.6 is 0 Å². The van der Waals surface area contributed by atoms with Crippen molar-refractivity contribution in [3.8, 4) is 5.75 Å². The molecular formula is C9H7NO2. The highest BCUT2D eigenvalue weighted by Gasteiger charge is 1.94. The number of phenols is 1. The molecule has 0 radical (unpaired) electrons. The summed E-state index contributed by atoms with van der Waals surface area (Å²) in [5.41, 5.74) is -0.137. The maximum absolute atomic E-state index is 11.1. The van der Waals surface area contributed by atoms with Gasteiger partial charge in [0.15, 0.2) is 0 Å². The lowest BCUT2D eigenvalue weighted by Gasteiger charge is -1.96. The number of H-pyrrole nitrogens is 1. The molecule has 0 saturated heterocycles. The van der Waals surface area contributed by atoms with Crippen molar-refractivity contribution in [1.82, 2.24) is 4.98 Å². The van der Waals surface area contributed by atoms with Crippen LogP contribution in [0.3, 0.4) is 0 Å². The molecule has 0 amide bonds. The van der Waals surface area contributed by atoms with Crippen molar-refractivity contribution >= 4 is 10.9 Å². The SMILES string of the molecule is [2H]c1c([2H])c2cc(O)ccc2[nH]c1=O. The van der Waals surface area contributed by atoms with Gasteiger partial charge in [0.25, 0.3) is 0 Å². The maximum Gasteiger partial charge on any atom is 0.248 e. The molecule has 0 saturated carbocycles. The Balaban J connectivity index is 2.99. The summed E-state index contributed by atoms with van der Waals surface area (Å²) >= 11 is 0. The van der Waals surface area contributed by atoms with Crippen LogP contribution in [0.15, 0.2) is 35.1 Å². The van der Waals surface area contributed by atoms with Crippen LogP contribution < -0.4 is 5.56 Å². The van der Waals surface area contributed by atoms with Gasteiger partial charge in [-0.2, -0.15) is 0 Å². The van der Waals surface area contributed by atoms with E-state index in [2.05, 4.69) is 4.98 Å². The molecule has 0 aliphatic heterocycles. The zero-order valence-electron chi connectivity index (χ0n) is 8.09. The summed E-state index contributed by atoms with van der Waals surface area (Å²) in [6.45, 7) is 0. The van der Waals surface area contributed by atoms with Crippen molar-refractivity contribution in [2.45, 2.75) is 0 Å². The van der Waals surface area contributed by atoms with E-state index in [9.17, 15) is 9.90 Å². The van der Waals surface area contributed by atoms with Crippen LogP contribution in [0.5, 0.6) is 5.75 Å². The van der Waals surface area contributed by atoms with Gasteiger partial charge in [-0.05, 0) is 24.2 Å². The molecule has 1 heterocycles. The number of phenolic OH excluding ortho intramolecular Hbond substituents is 1. The van der Waals surface area contributed by atoms with Crippen molar-refractivity contribution in [3.05, 3.63) is 40.6 Å². The summed E-state index contributed by atoms with van der Waals surface area (Å²) in [5.74, 6) is 0.0115. The van der Waals surface area contributed by atoms with Crippen LogP contribution in [-0.4, -0.2) is 10.1 Å². The number of rotatable bonds is 0. The summed E-state index contributed by atoms with van der Waals surface area (Å²) in [6, 6.07) is 3.72. The molecule has 0 bridgehead atoms. The molecule has 60 valence electrons. The van der Waals surface area contributed by atoms with Gasteiger partial charge < -0.3 is 10.1 Å². The molecule has 2 rings (SSSR count). The van der Waals surface area contributed by atoms with Gasteiger partial charge >= 0.3 is 0 Å². The van der Waals surface area contributed by atoms with Crippen LogP contribution in [0.2, 0.25) is 0 Å². The second-order valence-electron chi connectivity index (χ2n) is 2.43. The average Bonchev–Trinajstić information content (AvgIpc) is 2.16. The van der Waals surface area contributed by atoms with E-state index in [0.29, 0.717) is 10.9 Å². The molecule has 2 N–H and O–H groups in total. The van der Waals surface area contributed by atoms with Crippen LogP contribution in [0.25, 0.3) is 10.9 Å². The molecule has 3 nitrogen and oxygen atoms in total. The second kappa shape index (κ2) is 2.37. The topological polar surface area (TPSA) is 53.1 Å². The minimum atomic E-state index is -0.590. The van der Waals surface area contributed by atoms with Crippen molar-refractivity contribution in [1.29, 1.82) is 0 Å². The number of hydrogen-bond acceptors (Lipinski definition) is 2. The number of benzene rings is 1. The highest BCUT2D eigenvalue weighted by molar-refractivity contribution is 5.79. The Labute approximate surface area is 71.1 Å². The Morgan fingerprint density at radius 1 is 1.42 bits per heavy atom. The minimum absolute atomic E-state index is 0.0115. The molecule has 1 aromatic carbocycles. The van der Waals surface area contributed by atoms with Crippen LogP contribution in [0.4, 0.5) is 0 Å². The molecule has 0 aliphatic carbocycles. The summed E-state index contributed by atoms with van der Waals surface area (Å²) < 4.78 is 14.8. The third-order valence-electron chi connectivity index (χ3n) is 1.56. The van der Waals surface area contributed by atoms with Crippen LogP contribution in [-0.2, 0) is 0 Å². The summed E-state index contributed by atoms with van der Waals surface area (Å²) in [7, 11) is 0. The van der Waals surface area contributed by atoms with E-state index < -0.39 is 5.56 Å². The lowest BCUT2D eigenvalue weighted by molar-refractivity contribution is 0.476. The van der Waals surface area contributed by atoms with Crippen molar-refractivity contribution < 1.29 is 7.85 Å². The van der Waals surface area contributed by atoms with Gasteiger partial charge in [-0.1, -0.05) is 0 Å². The van der Waals surface area contributed by atoms with E-state index >= 15 is 0 Å². The predicted octanol–water partition coefficient (Wildman–Crippen LogP) is 1.23. The van der Waals surface area contributed by atoms with E-state index in [4.69, 9.17) is 2.74 Å². The maximum atomic E-state index is 11.1. The fourth-order valence-corrected chi connectivity index (χ4v) is 1.02. The fraction of sp³-hybridized carbons (Fsp3) is 0. The number of fused-ring (bicyclic) bond motifs is 1. The first-order chi connectivity index (χ1) is 6.59. The van der Waals surface area contributed by atoms with Crippen molar-refractivity contribution in [2.24, 2.45) is 0 Å². The summed E-state index contributed by atoms with van der Waals surface area (Å²) in [5, 5.41) is 9.55.